The summed E-state index contributed by atoms with van der Waals surface area (Å²) in [5.41, 5.74) is 0. The van der Waals surface area contributed by atoms with Crippen molar-refractivity contribution >= 4 is 17.9 Å². The fraction of sp³-hybridized carbons (Fsp3) is 0.750. The molecule has 0 N–H and O–H groups in total. The molecule has 0 aliphatic heterocycles. The lowest BCUT2D eigenvalue weighted by Crippen LogP contribution is -2.30. The lowest BCUT2D eigenvalue weighted by molar-refractivity contribution is -0.167. The van der Waals surface area contributed by atoms with Gasteiger partial charge in [0.1, 0.15) is 13.2 Å². The number of esters is 3. The van der Waals surface area contributed by atoms with Gasteiger partial charge in [0.15, 0.2) is 6.10 Å². The molecule has 0 radical (unpaired) electrons. The fourth-order valence-corrected chi connectivity index (χ4v) is 7.83. The van der Waals surface area contributed by atoms with Gasteiger partial charge < -0.3 is 14.2 Å². The Hall–Kier alpha value is -3.15. The Balaban J connectivity index is 4.35. The van der Waals surface area contributed by atoms with Gasteiger partial charge in [-0.15, -0.1) is 0 Å². The van der Waals surface area contributed by atoms with Gasteiger partial charge >= 0.3 is 17.9 Å². The van der Waals surface area contributed by atoms with Gasteiger partial charge in [0.2, 0.25) is 0 Å². The van der Waals surface area contributed by atoms with E-state index in [0.717, 1.165) is 83.5 Å². The molecule has 0 bridgehead atoms. The van der Waals surface area contributed by atoms with Crippen molar-refractivity contribution < 1.29 is 28.6 Å². The standard InChI is InChI=1S/C60H104O6/c1-4-7-10-13-16-19-22-24-26-28-30-32-33-35-38-41-44-47-50-53-59(62)65-56-57(55-64-58(61)52-49-46-43-40-37-21-18-15-12-9-6-3)66-60(63)54-51-48-45-42-39-36-34-31-29-27-25-23-20-17-14-11-8-5-2/h7,9-10,12,16,18-19,21,24,26,40,43,57H,4-6,8,11,13-15,17,20,22-23,25,27-39,41-42,44-56H2,1-3H3/b10-7-,12-9-,19-16-,21-18-,26-24-,43-40-. The summed E-state index contributed by atoms with van der Waals surface area (Å²) in [6.07, 6.45) is 69.1. The van der Waals surface area contributed by atoms with Crippen molar-refractivity contribution in [1.29, 1.82) is 0 Å². The summed E-state index contributed by atoms with van der Waals surface area (Å²) in [7, 11) is 0. The van der Waals surface area contributed by atoms with Crippen molar-refractivity contribution in [1.82, 2.24) is 0 Å². The third kappa shape index (κ3) is 51.8. The zero-order valence-corrected chi connectivity index (χ0v) is 43.4. The van der Waals surface area contributed by atoms with Gasteiger partial charge in [-0.25, -0.2) is 0 Å². The van der Waals surface area contributed by atoms with Crippen LogP contribution in [0.25, 0.3) is 0 Å². The van der Waals surface area contributed by atoms with Gasteiger partial charge in [0, 0.05) is 19.3 Å². The van der Waals surface area contributed by atoms with Crippen molar-refractivity contribution in [3.8, 4) is 0 Å². The summed E-state index contributed by atoms with van der Waals surface area (Å²) in [5.74, 6) is -0.945. The van der Waals surface area contributed by atoms with Gasteiger partial charge in [-0.1, -0.05) is 248 Å². The van der Waals surface area contributed by atoms with Crippen LogP contribution < -0.4 is 0 Å². The average Bonchev–Trinajstić information content (AvgIpc) is 3.31. The van der Waals surface area contributed by atoms with E-state index in [-0.39, 0.29) is 37.5 Å². The van der Waals surface area contributed by atoms with E-state index in [0.29, 0.717) is 19.3 Å². The predicted molar refractivity (Wildman–Crippen MR) is 284 cm³/mol. The first kappa shape index (κ1) is 62.8. The first-order chi connectivity index (χ1) is 32.5. The highest BCUT2D eigenvalue weighted by atomic mass is 16.6. The minimum absolute atomic E-state index is 0.0920. The second-order valence-electron chi connectivity index (χ2n) is 18.4. The van der Waals surface area contributed by atoms with Crippen LogP contribution in [-0.2, 0) is 28.6 Å². The van der Waals surface area contributed by atoms with Gasteiger partial charge in [-0.2, -0.15) is 0 Å². The summed E-state index contributed by atoms with van der Waals surface area (Å²) in [6.45, 7) is 6.38. The first-order valence-electron chi connectivity index (χ1n) is 27.9. The molecule has 0 aromatic heterocycles. The molecule has 0 saturated carbocycles. The molecule has 0 fully saturated rings. The molecule has 0 aromatic rings. The SMILES string of the molecule is CC/C=C\C/C=C\C/C=C\CCCCCCCCCCCC(=O)OCC(COC(=O)CCC/C=C\C/C=C\C/C=C\CC)OC(=O)CCCCCCCCCCCCCCCCCCCC. The normalized spacial score (nSPS) is 12.6. The van der Waals surface area contributed by atoms with Crippen LogP contribution in [-0.4, -0.2) is 37.2 Å². The molecule has 0 aliphatic carbocycles. The van der Waals surface area contributed by atoms with E-state index in [1.165, 1.54) is 141 Å². The third-order valence-electron chi connectivity index (χ3n) is 12.0. The molecule has 1 atom stereocenters. The highest BCUT2D eigenvalue weighted by Gasteiger charge is 2.19. The topological polar surface area (TPSA) is 78.9 Å². The van der Waals surface area contributed by atoms with Gasteiger partial charge in [0.25, 0.3) is 0 Å². The highest BCUT2D eigenvalue weighted by Crippen LogP contribution is 2.16. The van der Waals surface area contributed by atoms with Crippen LogP contribution in [0, 0.1) is 0 Å². The number of hydrogen-bond donors (Lipinski definition) is 0. The Morgan fingerprint density at radius 1 is 0.318 bits per heavy atom. The molecule has 0 heterocycles. The molecule has 1 unspecified atom stereocenters. The second-order valence-corrected chi connectivity index (χ2v) is 18.4. The van der Waals surface area contributed by atoms with Crippen LogP contribution in [0.4, 0.5) is 0 Å². The van der Waals surface area contributed by atoms with Gasteiger partial charge in [-0.3, -0.25) is 14.4 Å². The summed E-state index contributed by atoms with van der Waals surface area (Å²) >= 11 is 0. The maximum Gasteiger partial charge on any atom is 0.306 e. The molecule has 6 nitrogen and oxygen atoms in total. The minimum Gasteiger partial charge on any atom is -0.462 e. The van der Waals surface area contributed by atoms with E-state index in [1.54, 1.807) is 0 Å². The number of carbonyl (C=O) groups excluding carboxylic acids is 3. The predicted octanol–water partition coefficient (Wildman–Crippen LogP) is 18.6. The van der Waals surface area contributed by atoms with E-state index < -0.39 is 6.10 Å². The van der Waals surface area contributed by atoms with E-state index >= 15 is 0 Å². The molecule has 0 aliphatic rings. The molecule has 0 rings (SSSR count). The van der Waals surface area contributed by atoms with E-state index in [9.17, 15) is 14.4 Å². The summed E-state index contributed by atoms with van der Waals surface area (Å²) in [4.78, 5) is 38.0. The number of hydrogen-bond acceptors (Lipinski definition) is 6. The molecule has 0 amide bonds. The van der Waals surface area contributed by atoms with Crippen LogP contribution in [0.3, 0.4) is 0 Å². The summed E-state index contributed by atoms with van der Waals surface area (Å²) in [6, 6.07) is 0. The van der Waals surface area contributed by atoms with Crippen LogP contribution in [0.2, 0.25) is 0 Å². The smallest absolute Gasteiger partial charge is 0.306 e. The van der Waals surface area contributed by atoms with Crippen LogP contribution in [0.15, 0.2) is 72.9 Å². The Labute approximate surface area is 408 Å². The molecular weight excluding hydrogens is 817 g/mol. The summed E-state index contributed by atoms with van der Waals surface area (Å²) in [5, 5.41) is 0. The zero-order chi connectivity index (χ0) is 47.9. The number of unbranched alkanes of at least 4 members (excludes halogenated alkanes) is 27. The summed E-state index contributed by atoms with van der Waals surface area (Å²) < 4.78 is 16.8. The van der Waals surface area contributed by atoms with Crippen molar-refractivity contribution in [3.63, 3.8) is 0 Å². The van der Waals surface area contributed by atoms with E-state index in [1.807, 2.05) is 0 Å². The Bertz CT molecular complexity index is 1240. The van der Waals surface area contributed by atoms with Gasteiger partial charge in [-0.05, 0) is 77.0 Å². The molecule has 66 heavy (non-hydrogen) atoms. The molecule has 0 spiro atoms. The largest absolute Gasteiger partial charge is 0.462 e. The van der Waals surface area contributed by atoms with Crippen molar-refractivity contribution in [2.45, 2.75) is 277 Å². The molecule has 0 saturated heterocycles. The maximum absolute atomic E-state index is 12.8. The van der Waals surface area contributed by atoms with Crippen molar-refractivity contribution in [2.75, 3.05) is 13.2 Å². The highest BCUT2D eigenvalue weighted by molar-refractivity contribution is 5.71. The number of ether oxygens (including phenoxy) is 3. The van der Waals surface area contributed by atoms with E-state index in [4.69, 9.17) is 14.2 Å². The Kier molecular flexibility index (Phi) is 51.9. The van der Waals surface area contributed by atoms with Crippen molar-refractivity contribution in [2.24, 2.45) is 0 Å². The molecule has 380 valence electrons. The molecular formula is C60H104O6. The monoisotopic (exact) mass is 921 g/mol. The average molecular weight is 921 g/mol. The molecule has 0 aromatic carbocycles. The lowest BCUT2D eigenvalue weighted by Gasteiger charge is -2.18. The van der Waals surface area contributed by atoms with Gasteiger partial charge in [0.05, 0.1) is 0 Å². The van der Waals surface area contributed by atoms with Crippen LogP contribution in [0.1, 0.15) is 271 Å². The fourth-order valence-electron chi connectivity index (χ4n) is 7.83. The second kappa shape index (κ2) is 54.5. The van der Waals surface area contributed by atoms with Crippen LogP contribution in [0.5, 0.6) is 0 Å². The van der Waals surface area contributed by atoms with E-state index in [2.05, 4.69) is 93.7 Å². The lowest BCUT2D eigenvalue weighted by atomic mass is 10.0. The first-order valence-corrected chi connectivity index (χ1v) is 27.9. The minimum atomic E-state index is -0.795. The van der Waals surface area contributed by atoms with Crippen molar-refractivity contribution in [3.05, 3.63) is 72.9 Å². The maximum atomic E-state index is 12.8. The number of carbonyl (C=O) groups is 3. The number of allylic oxidation sites excluding steroid dienone is 12. The quantitative estimate of drug-likeness (QED) is 0.0262. The Morgan fingerprint density at radius 2 is 0.606 bits per heavy atom. The molecule has 6 heteroatoms. The van der Waals surface area contributed by atoms with Crippen LogP contribution >= 0.6 is 0 Å². The third-order valence-corrected chi connectivity index (χ3v) is 12.0. The number of rotatable bonds is 50. The zero-order valence-electron chi connectivity index (χ0n) is 43.4. The Morgan fingerprint density at radius 3 is 0.985 bits per heavy atom.